The number of carbonyl (C=O) groups is 1. The number of ether oxygens (including phenoxy) is 1. The lowest BCUT2D eigenvalue weighted by atomic mass is 10.2. The van der Waals surface area contributed by atoms with Crippen molar-refractivity contribution in [2.45, 2.75) is 11.8 Å². The molecule has 0 bridgehead atoms. The van der Waals surface area contributed by atoms with Crippen LogP contribution in [0.5, 0.6) is 5.75 Å². The number of aromatic nitrogens is 1. The van der Waals surface area contributed by atoms with Crippen LogP contribution < -0.4 is 10.1 Å². The maximum absolute atomic E-state index is 13.2. The number of benzene rings is 2. The van der Waals surface area contributed by atoms with Crippen molar-refractivity contribution in [1.82, 2.24) is 14.2 Å². The fourth-order valence-electron chi connectivity index (χ4n) is 3.66. The molecule has 1 N–H and O–H groups in total. The molecule has 4 rings (SSSR count). The zero-order chi connectivity index (χ0) is 23.3. The van der Waals surface area contributed by atoms with Gasteiger partial charge < -0.3 is 15.0 Å². The van der Waals surface area contributed by atoms with Crippen LogP contribution in [0.3, 0.4) is 0 Å². The van der Waals surface area contributed by atoms with E-state index in [1.807, 2.05) is 31.2 Å². The van der Waals surface area contributed by atoms with Crippen LogP contribution in [0.1, 0.15) is 17.3 Å². The minimum atomic E-state index is -3.57. The molecule has 1 saturated heterocycles. The quantitative estimate of drug-likeness (QED) is 0.574. The maximum atomic E-state index is 13.2. The SMILES string of the molecule is CCOc1ccc(Nc2ncccc2C(=O)N2CCN(S(=O)(=O)c3ccccc3)CC2)cc1. The average molecular weight is 467 g/mol. The Morgan fingerprint density at radius 2 is 1.67 bits per heavy atom. The molecular formula is C24H26N4O4S. The van der Waals surface area contributed by atoms with E-state index in [1.54, 1.807) is 53.6 Å². The topological polar surface area (TPSA) is 91.8 Å². The number of rotatable bonds is 7. The molecule has 1 aliphatic rings. The molecule has 0 radical (unpaired) electrons. The third kappa shape index (κ3) is 5.15. The summed E-state index contributed by atoms with van der Waals surface area (Å²) in [4.78, 5) is 19.5. The summed E-state index contributed by atoms with van der Waals surface area (Å²) >= 11 is 0. The van der Waals surface area contributed by atoms with E-state index < -0.39 is 10.0 Å². The van der Waals surface area contributed by atoms with Gasteiger partial charge >= 0.3 is 0 Å². The second-order valence-electron chi connectivity index (χ2n) is 7.49. The Labute approximate surface area is 193 Å². The predicted molar refractivity (Wildman–Crippen MR) is 126 cm³/mol. The lowest BCUT2D eigenvalue weighted by Gasteiger charge is -2.34. The molecule has 0 saturated carbocycles. The van der Waals surface area contributed by atoms with Crippen molar-refractivity contribution in [3.8, 4) is 5.75 Å². The van der Waals surface area contributed by atoms with E-state index in [1.165, 1.54) is 4.31 Å². The smallest absolute Gasteiger partial charge is 0.257 e. The van der Waals surface area contributed by atoms with Crippen LogP contribution in [-0.4, -0.2) is 61.3 Å². The van der Waals surface area contributed by atoms with Gasteiger partial charge in [-0.15, -0.1) is 0 Å². The number of amides is 1. The summed E-state index contributed by atoms with van der Waals surface area (Å²) in [5.74, 6) is 1.03. The minimum Gasteiger partial charge on any atom is -0.494 e. The monoisotopic (exact) mass is 466 g/mol. The highest BCUT2D eigenvalue weighted by Gasteiger charge is 2.31. The molecule has 0 spiro atoms. The largest absolute Gasteiger partial charge is 0.494 e. The van der Waals surface area contributed by atoms with Gasteiger partial charge in [-0.1, -0.05) is 18.2 Å². The number of nitrogens with one attached hydrogen (secondary N) is 1. The Bertz CT molecular complexity index is 1190. The van der Waals surface area contributed by atoms with Crippen LogP contribution in [0.2, 0.25) is 0 Å². The first kappa shape index (κ1) is 22.8. The molecule has 172 valence electrons. The molecule has 1 aromatic heterocycles. The van der Waals surface area contributed by atoms with E-state index in [2.05, 4.69) is 10.3 Å². The van der Waals surface area contributed by atoms with Gasteiger partial charge in [0.2, 0.25) is 10.0 Å². The van der Waals surface area contributed by atoms with Gasteiger partial charge in [0.1, 0.15) is 11.6 Å². The molecule has 3 aromatic rings. The summed E-state index contributed by atoms with van der Waals surface area (Å²) < 4.78 is 32.6. The second-order valence-corrected chi connectivity index (χ2v) is 9.43. The summed E-state index contributed by atoms with van der Waals surface area (Å²) in [5, 5.41) is 3.20. The molecule has 8 nitrogen and oxygen atoms in total. The van der Waals surface area contributed by atoms with Crippen LogP contribution in [0.4, 0.5) is 11.5 Å². The van der Waals surface area contributed by atoms with Crippen LogP contribution in [-0.2, 0) is 10.0 Å². The number of sulfonamides is 1. The first-order valence-corrected chi connectivity index (χ1v) is 12.2. The molecule has 2 aromatic carbocycles. The Balaban J connectivity index is 1.44. The van der Waals surface area contributed by atoms with Gasteiger partial charge in [0, 0.05) is 38.1 Å². The number of hydrogen-bond donors (Lipinski definition) is 1. The van der Waals surface area contributed by atoms with Gasteiger partial charge in [0.25, 0.3) is 5.91 Å². The Hall–Kier alpha value is -3.43. The van der Waals surface area contributed by atoms with Crippen molar-refractivity contribution in [2.24, 2.45) is 0 Å². The molecule has 2 heterocycles. The van der Waals surface area contributed by atoms with E-state index in [-0.39, 0.29) is 23.9 Å². The molecule has 0 atom stereocenters. The first-order valence-electron chi connectivity index (χ1n) is 10.8. The van der Waals surface area contributed by atoms with Gasteiger partial charge in [-0.3, -0.25) is 4.79 Å². The Morgan fingerprint density at radius 1 is 0.970 bits per heavy atom. The standard InChI is InChI=1S/C24H26N4O4S/c1-2-32-20-12-10-19(11-13-20)26-23-22(9-6-14-25-23)24(29)27-15-17-28(18-16-27)33(30,31)21-7-4-3-5-8-21/h3-14H,2,15-18H2,1H3,(H,25,26). The molecule has 1 fully saturated rings. The zero-order valence-electron chi connectivity index (χ0n) is 18.3. The molecule has 33 heavy (non-hydrogen) atoms. The third-order valence-electron chi connectivity index (χ3n) is 5.37. The zero-order valence-corrected chi connectivity index (χ0v) is 19.2. The lowest BCUT2D eigenvalue weighted by Crippen LogP contribution is -2.50. The summed E-state index contributed by atoms with van der Waals surface area (Å²) in [6, 6.07) is 19.2. The summed E-state index contributed by atoms with van der Waals surface area (Å²) in [5.41, 5.74) is 1.22. The third-order valence-corrected chi connectivity index (χ3v) is 7.29. The van der Waals surface area contributed by atoms with Crippen molar-refractivity contribution >= 4 is 27.4 Å². The second kappa shape index (κ2) is 10.0. The molecule has 9 heteroatoms. The first-order chi connectivity index (χ1) is 16.0. The van der Waals surface area contributed by atoms with Crippen LogP contribution in [0.15, 0.2) is 77.8 Å². The Morgan fingerprint density at radius 3 is 2.33 bits per heavy atom. The van der Waals surface area contributed by atoms with E-state index in [4.69, 9.17) is 4.74 Å². The van der Waals surface area contributed by atoms with Crippen molar-refractivity contribution in [3.05, 3.63) is 78.5 Å². The van der Waals surface area contributed by atoms with Crippen molar-refractivity contribution < 1.29 is 17.9 Å². The number of carbonyl (C=O) groups excluding carboxylic acids is 1. The molecule has 1 aliphatic heterocycles. The highest BCUT2D eigenvalue weighted by molar-refractivity contribution is 7.89. The number of piperazine rings is 1. The van der Waals surface area contributed by atoms with Gasteiger partial charge in [-0.2, -0.15) is 4.31 Å². The Kier molecular flexibility index (Phi) is 6.90. The fourth-order valence-corrected chi connectivity index (χ4v) is 5.10. The van der Waals surface area contributed by atoms with E-state index in [9.17, 15) is 13.2 Å². The van der Waals surface area contributed by atoms with Gasteiger partial charge in [0.15, 0.2) is 0 Å². The molecular weight excluding hydrogens is 440 g/mol. The molecule has 0 unspecified atom stereocenters. The van der Waals surface area contributed by atoms with Crippen molar-refractivity contribution in [3.63, 3.8) is 0 Å². The van der Waals surface area contributed by atoms with E-state index >= 15 is 0 Å². The normalized spacial score (nSPS) is 14.6. The van der Waals surface area contributed by atoms with Gasteiger partial charge in [-0.25, -0.2) is 13.4 Å². The van der Waals surface area contributed by atoms with Crippen LogP contribution in [0, 0.1) is 0 Å². The maximum Gasteiger partial charge on any atom is 0.257 e. The van der Waals surface area contributed by atoms with E-state index in [0.717, 1.165) is 11.4 Å². The molecule has 1 amide bonds. The van der Waals surface area contributed by atoms with Gasteiger partial charge in [-0.05, 0) is 55.5 Å². The summed E-state index contributed by atoms with van der Waals surface area (Å²) in [6.07, 6.45) is 1.62. The summed E-state index contributed by atoms with van der Waals surface area (Å²) in [6.45, 7) is 3.61. The summed E-state index contributed by atoms with van der Waals surface area (Å²) in [7, 11) is -3.57. The van der Waals surface area contributed by atoms with E-state index in [0.29, 0.717) is 31.1 Å². The average Bonchev–Trinajstić information content (AvgIpc) is 2.86. The lowest BCUT2D eigenvalue weighted by molar-refractivity contribution is 0.0698. The number of nitrogens with zero attached hydrogens (tertiary/aromatic N) is 3. The minimum absolute atomic E-state index is 0.187. The molecule has 0 aliphatic carbocycles. The van der Waals surface area contributed by atoms with Crippen molar-refractivity contribution in [1.29, 1.82) is 0 Å². The number of hydrogen-bond acceptors (Lipinski definition) is 6. The number of pyridine rings is 1. The predicted octanol–water partition coefficient (Wildman–Crippen LogP) is 3.37. The fraction of sp³-hybridized carbons (Fsp3) is 0.250. The van der Waals surface area contributed by atoms with Gasteiger partial charge in [0.05, 0.1) is 17.1 Å². The number of anilines is 2. The highest BCUT2D eigenvalue weighted by atomic mass is 32.2. The van der Waals surface area contributed by atoms with Crippen LogP contribution >= 0.6 is 0 Å². The highest BCUT2D eigenvalue weighted by Crippen LogP contribution is 2.23. The van der Waals surface area contributed by atoms with Crippen LogP contribution in [0.25, 0.3) is 0 Å². The van der Waals surface area contributed by atoms with Crippen molar-refractivity contribution in [2.75, 3.05) is 38.1 Å².